The van der Waals surface area contributed by atoms with E-state index < -0.39 is 5.97 Å². The maximum Gasteiger partial charge on any atom is 0.329 e. The van der Waals surface area contributed by atoms with Crippen molar-refractivity contribution < 1.29 is 14.7 Å². The van der Waals surface area contributed by atoms with Crippen molar-refractivity contribution in [2.45, 2.75) is 0 Å². The van der Waals surface area contributed by atoms with Gasteiger partial charge in [-0.3, -0.25) is 4.79 Å². The van der Waals surface area contributed by atoms with Crippen LogP contribution in [-0.4, -0.2) is 23.5 Å². The number of para-hydroxylation sites is 1. The van der Waals surface area contributed by atoms with Crippen molar-refractivity contribution in [1.82, 2.24) is 0 Å². The molecule has 1 aliphatic heterocycles. The summed E-state index contributed by atoms with van der Waals surface area (Å²) in [6.45, 7) is 7.76. The van der Waals surface area contributed by atoms with E-state index in [0.29, 0.717) is 17.8 Å². The van der Waals surface area contributed by atoms with Crippen LogP contribution in [0.4, 0.5) is 5.69 Å². The summed E-state index contributed by atoms with van der Waals surface area (Å²) in [5.41, 5.74) is 2.25. The van der Waals surface area contributed by atoms with Crippen molar-refractivity contribution in [3.8, 4) is 0 Å². The summed E-state index contributed by atoms with van der Waals surface area (Å²) >= 11 is 0. The lowest BCUT2D eigenvalue weighted by molar-refractivity contribution is -0.131. The number of anilines is 1. The fourth-order valence-corrected chi connectivity index (χ4v) is 2.19. The molecule has 1 aliphatic rings. The third-order valence-corrected chi connectivity index (χ3v) is 3.06. The van der Waals surface area contributed by atoms with E-state index in [0.717, 1.165) is 11.6 Å². The van der Waals surface area contributed by atoms with Crippen LogP contribution in [0.5, 0.6) is 0 Å². The van der Waals surface area contributed by atoms with Crippen molar-refractivity contribution in [3.05, 3.63) is 72.9 Å². The lowest BCUT2D eigenvalue weighted by Gasteiger charge is -2.17. The van der Waals surface area contributed by atoms with Gasteiger partial charge in [-0.15, -0.1) is 0 Å². The highest BCUT2D eigenvalue weighted by Gasteiger charge is 2.32. The Bertz CT molecular complexity index is 683. The second-order valence-electron chi connectivity index (χ2n) is 4.56. The maximum absolute atomic E-state index is 12.4. The number of hydrogen-bond donors (Lipinski definition) is 1. The summed E-state index contributed by atoms with van der Waals surface area (Å²) in [6, 6.07) is 7.12. The van der Waals surface area contributed by atoms with Gasteiger partial charge in [0.05, 0.1) is 17.8 Å². The zero-order chi connectivity index (χ0) is 15.4. The average Bonchev–Trinajstić information content (AvgIpc) is 2.71. The van der Waals surface area contributed by atoms with Crippen LogP contribution >= 0.6 is 0 Å². The number of carboxylic acids is 1. The van der Waals surface area contributed by atoms with E-state index in [9.17, 15) is 9.59 Å². The molecule has 0 saturated carbocycles. The number of carbonyl (C=O) groups excluding carboxylic acids is 1. The number of aliphatic carboxylic acids is 1. The second kappa shape index (κ2) is 6.05. The highest BCUT2D eigenvalue weighted by molar-refractivity contribution is 6.34. The number of rotatable bonds is 5. The highest BCUT2D eigenvalue weighted by Crippen LogP contribution is 2.36. The van der Waals surface area contributed by atoms with Gasteiger partial charge in [-0.2, -0.15) is 0 Å². The number of benzene rings is 1. The van der Waals surface area contributed by atoms with Crippen LogP contribution in [0.3, 0.4) is 0 Å². The largest absolute Gasteiger partial charge is 0.478 e. The number of nitrogens with zero attached hydrogens (tertiary/aromatic N) is 1. The first-order valence-electron chi connectivity index (χ1n) is 6.37. The maximum atomic E-state index is 12.4. The molecule has 1 amide bonds. The molecular weight excluding hydrogens is 266 g/mol. The fraction of sp³-hybridized carbons (Fsp3) is 0.0588. The Morgan fingerprint density at radius 3 is 2.71 bits per heavy atom. The van der Waals surface area contributed by atoms with Gasteiger partial charge in [0.15, 0.2) is 0 Å². The molecule has 0 unspecified atom stereocenters. The van der Waals surface area contributed by atoms with Gasteiger partial charge in [-0.05, 0) is 11.6 Å². The van der Waals surface area contributed by atoms with Crippen LogP contribution in [0.25, 0.3) is 5.57 Å². The minimum absolute atomic E-state index is 0.193. The summed E-state index contributed by atoms with van der Waals surface area (Å²) in [7, 11) is 0. The molecule has 0 fully saturated rings. The number of carboxylic acid groups (broad SMARTS) is 1. The quantitative estimate of drug-likeness (QED) is 0.667. The van der Waals surface area contributed by atoms with E-state index in [1.54, 1.807) is 36.4 Å². The second-order valence-corrected chi connectivity index (χ2v) is 4.56. The summed E-state index contributed by atoms with van der Waals surface area (Å²) in [6.07, 6.45) is 6.08. The smallest absolute Gasteiger partial charge is 0.329 e. The molecule has 0 spiro atoms. The van der Waals surface area contributed by atoms with E-state index in [4.69, 9.17) is 5.11 Å². The van der Waals surface area contributed by atoms with Crippen molar-refractivity contribution in [2.75, 3.05) is 11.4 Å². The van der Waals surface area contributed by atoms with Gasteiger partial charge in [-0.1, -0.05) is 49.6 Å². The van der Waals surface area contributed by atoms with Crippen molar-refractivity contribution in [1.29, 1.82) is 0 Å². The van der Waals surface area contributed by atoms with Gasteiger partial charge in [-0.25, -0.2) is 4.79 Å². The number of amides is 1. The Kier molecular flexibility index (Phi) is 4.18. The molecule has 0 radical (unpaired) electrons. The standard InChI is InChI=1S/C17H15NO3/c1-3-4-7-12(2)11-18-15-9-6-5-8-13(15)14(17(18)21)10-16(19)20/h3-10H,1-2,11H2,(H,19,20)/b7-4-,14-10+. The van der Waals surface area contributed by atoms with Crippen LogP contribution < -0.4 is 4.90 Å². The zero-order valence-electron chi connectivity index (χ0n) is 11.5. The Morgan fingerprint density at radius 2 is 2.05 bits per heavy atom. The van der Waals surface area contributed by atoms with Crippen LogP contribution in [-0.2, 0) is 9.59 Å². The molecule has 1 aromatic rings. The lowest BCUT2D eigenvalue weighted by Crippen LogP contribution is -2.28. The zero-order valence-corrected chi connectivity index (χ0v) is 11.5. The Balaban J connectivity index is 2.38. The first-order valence-corrected chi connectivity index (χ1v) is 6.37. The lowest BCUT2D eigenvalue weighted by atomic mass is 10.1. The van der Waals surface area contributed by atoms with Crippen LogP contribution in [0.15, 0.2) is 67.3 Å². The molecule has 0 atom stereocenters. The molecule has 0 saturated heterocycles. The summed E-state index contributed by atoms with van der Waals surface area (Å²) in [5.74, 6) is -1.47. The first-order chi connectivity index (χ1) is 10.0. The molecule has 4 nitrogen and oxygen atoms in total. The molecule has 21 heavy (non-hydrogen) atoms. The summed E-state index contributed by atoms with van der Waals surface area (Å²) in [5, 5.41) is 8.91. The van der Waals surface area contributed by atoms with Crippen LogP contribution in [0.1, 0.15) is 5.56 Å². The Hall–Kier alpha value is -2.88. The van der Waals surface area contributed by atoms with E-state index in [2.05, 4.69) is 13.2 Å². The minimum Gasteiger partial charge on any atom is -0.478 e. The van der Waals surface area contributed by atoms with Crippen LogP contribution in [0.2, 0.25) is 0 Å². The van der Waals surface area contributed by atoms with Gasteiger partial charge in [0, 0.05) is 11.6 Å². The fourth-order valence-electron chi connectivity index (χ4n) is 2.19. The van der Waals surface area contributed by atoms with Crippen LogP contribution in [0, 0.1) is 0 Å². The van der Waals surface area contributed by atoms with Gasteiger partial charge < -0.3 is 10.0 Å². The first kappa shape index (κ1) is 14.5. The molecule has 0 bridgehead atoms. The summed E-state index contributed by atoms with van der Waals surface area (Å²) < 4.78 is 0. The number of allylic oxidation sites excluding steroid dienone is 2. The molecule has 106 valence electrons. The third kappa shape index (κ3) is 3.00. The number of hydrogen-bond acceptors (Lipinski definition) is 2. The normalized spacial score (nSPS) is 15.5. The molecule has 4 heteroatoms. The van der Waals surface area contributed by atoms with E-state index in [1.807, 2.05) is 6.07 Å². The van der Waals surface area contributed by atoms with Gasteiger partial charge in [0.2, 0.25) is 0 Å². The van der Waals surface area contributed by atoms with E-state index >= 15 is 0 Å². The summed E-state index contributed by atoms with van der Waals surface area (Å²) in [4.78, 5) is 24.8. The predicted molar refractivity (Wildman–Crippen MR) is 82.9 cm³/mol. The molecule has 0 aliphatic carbocycles. The van der Waals surface area contributed by atoms with Crippen molar-refractivity contribution in [3.63, 3.8) is 0 Å². The third-order valence-electron chi connectivity index (χ3n) is 3.06. The predicted octanol–water partition coefficient (Wildman–Crippen LogP) is 2.80. The SMILES string of the molecule is C=C/C=C\C(=C)CN1C(=O)/C(=C/C(=O)O)c2ccccc21. The molecule has 1 N–H and O–H groups in total. The Labute approximate surface area is 123 Å². The molecular formula is C17H15NO3. The molecule has 1 heterocycles. The Morgan fingerprint density at radius 1 is 1.33 bits per heavy atom. The van der Waals surface area contributed by atoms with Gasteiger partial charge in [0.25, 0.3) is 5.91 Å². The number of carbonyl (C=O) groups is 2. The topological polar surface area (TPSA) is 57.6 Å². The monoisotopic (exact) mass is 281 g/mol. The minimum atomic E-state index is -1.14. The molecule has 1 aromatic carbocycles. The van der Waals surface area contributed by atoms with E-state index in [-0.39, 0.29) is 11.5 Å². The van der Waals surface area contributed by atoms with Crippen molar-refractivity contribution in [2.24, 2.45) is 0 Å². The van der Waals surface area contributed by atoms with Gasteiger partial charge in [0.1, 0.15) is 0 Å². The van der Waals surface area contributed by atoms with Crippen molar-refractivity contribution >= 4 is 23.1 Å². The average molecular weight is 281 g/mol. The highest BCUT2D eigenvalue weighted by atomic mass is 16.4. The van der Waals surface area contributed by atoms with Gasteiger partial charge >= 0.3 is 5.97 Å². The molecule has 0 aromatic heterocycles. The molecule has 2 rings (SSSR count). The van der Waals surface area contributed by atoms with E-state index in [1.165, 1.54) is 4.90 Å². The number of fused-ring (bicyclic) bond motifs is 1.